The molecule has 0 atom stereocenters. The van der Waals surface area contributed by atoms with E-state index in [-0.39, 0.29) is 18.6 Å². The van der Waals surface area contributed by atoms with Crippen LogP contribution in [0.2, 0.25) is 0 Å². The molecule has 13 nitrogen and oxygen atoms in total. The molecule has 42 heavy (non-hydrogen) atoms. The van der Waals surface area contributed by atoms with Gasteiger partial charge in [-0.2, -0.15) is 9.97 Å². The third-order valence-electron chi connectivity index (χ3n) is 4.29. The molecule has 17 heteroatoms. The Morgan fingerprint density at radius 1 is 1.17 bits per heavy atom. The van der Waals surface area contributed by atoms with Gasteiger partial charge in [0.15, 0.2) is 23.3 Å². The van der Waals surface area contributed by atoms with Crippen LogP contribution < -0.4 is 22.4 Å². The number of aromatic amines is 1. The number of hydrogen-bond donors (Lipinski definition) is 3. The van der Waals surface area contributed by atoms with Gasteiger partial charge in [0, 0.05) is 20.6 Å². The number of carbonyl (C=O) groups is 1. The van der Waals surface area contributed by atoms with Crippen LogP contribution in [0.1, 0.15) is 59.8 Å². The standard InChI is InChI=1S/C10H15FN4O2.C7H9FN4O.C6H11NO.CH2Cl2.CH4/c1-2-3-4-5-13-9(16)15-6-7(11)8(12)14-10(15)17;1-12(2)4-10-6-5(8)3-9-7(13)11-6;1-2-3-4-5-7-6-8;2-1-3;/h6H,2-5H2,1H3,(H,13,16)(H2,12,14,17);3-4H,1-2H3,(H,9,11,13);2-5H2,1H3;1H2;1H4. The summed E-state index contributed by atoms with van der Waals surface area (Å²) >= 11 is 9.53. The largest absolute Gasteiger partial charge is 0.381 e. The van der Waals surface area contributed by atoms with E-state index in [2.05, 4.69) is 37.2 Å². The summed E-state index contributed by atoms with van der Waals surface area (Å²) in [7, 11) is 3.47. The number of nitrogens with two attached hydrogens (primary N) is 1. The van der Waals surface area contributed by atoms with E-state index in [1.807, 2.05) is 6.92 Å². The number of nitrogen functional groups attached to an aromatic ring is 1. The van der Waals surface area contributed by atoms with Gasteiger partial charge in [0.1, 0.15) is 0 Å². The third kappa shape index (κ3) is 22.1. The molecule has 0 spiro atoms. The Kier molecular flexibility index (Phi) is 28.0. The monoisotopic (exact) mass is 639 g/mol. The number of aromatic nitrogens is 4. The van der Waals surface area contributed by atoms with Gasteiger partial charge in [0.2, 0.25) is 6.08 Å². The number of carbonyl (C=O) groups excluding carboxylic acids is 2. The van der Waals surface area contributed by atoms with Crippen molar-refractivity contribution in [3.8, 4) is 0 Å². The van der Waals surface area contributed by atoms with Crippen molar-refractivity contribution in [1.82, 2.24) is 29.7 Å². The molecule has 0 aliphatic carbocycles. The summed E-state index contributed by atoms with van der Waals surface area (Å²) in [6.45, 7) is 5.23. The topological polar surface area (TPSA) is 181 Å². The Hall–Kier alpha value is -3.68. The van der Waals surface area contributed by atoms with Crippen molar-refractivity contribution in [2.24, 2.45) is 9.98 Å². The first kappa shape index (κ1) is 42.8. The molecule has 0 fully saturated rings. The van der Waals surface area contributed by atoms with Gasteiger partial charge in [-0.3, -0.25) is 4.98 Å². The maximum Gasteiger partial charge on any atom is 0.357 e. The number of isocyanates is 1. The van der Waals surface area contributed by atoms with Crippen LogP contribution in [0.25, 0.3) is 0 Å². The smallest absolute Gasteiger partial charge is 0.357 e. The number of halogens is 4. The first-order valence-corrected chi connectivity index (χ1v) is 13.5. The molecule has 0 aliphatic heterocycles. The lowest BCUT2D eigenvalue weighted by molar-refractivity contribution is 0.240. The van der Waals surface area contributed by atoms with E-state index in [1.165, 1.54) is 18.8 Å². The maximum absolute atomic E-state index is 13.0. The molecule has 2 aromatic heterocycles. The normalized spacial score (nSPS) is 9.43. The van der Waals surface area contributed by atoms with Crippen LogP contribution >= 0.6 is 23.2 Å². The first-order valence-electron chi connectivity index (χ1n) is 12.4. The number of unbranched alkanes of at least 4 members (excludes halogenated alkanes) is 4. The van der Waals surface area contributed by atoms with Crippen LogP contribution in [0.15, 0.2) is 32.0 Å². The zero-order valence-electron chi connectivity index (χ0n) is 23.5. The Morgan fingerprint density at radius 3 is 2.31 bits per heavy atom. The SMILES string of the molecule is C.CCCCCN=C=O.CCCCCNC(=O)n1cc(F)c(N)nc1=O.CN(C)C=Nc1[nH]c(=O)ncc1F.ClCCl. The molecule has 2 aromatic rings. The van der Waals surface area contributed by atoms with Gasteiger partial charge in [-0.05, 0) is 12.8 Å². The van der Waals surface area contributed by atoms with Crippen LogP contribution in [0.3, 0.4) is 0 Å². The fourth-order valence-corrected chi connectivity index (χ4v) is 2.37. The highest BCUT2D eigenvalue weighted by Crippen LogP contribution is 2.08. The number of nitrogens with zero attached hydrogens (tertiary/aromatic N) is 6. The van der Waals surface area contributed by atoms with Gasteiger partial charge in [0.25, 0.3) is 0 Å². The highest BCUT2D eigenvalue weighted by Gasteiger charge is 2.11. The number of anilines is 1. The predicted octanol–water partition coefficient (Wildman–Crippen LogP) is 4.41. The summed E-state index contributed by atoms with van der Waals surface area (Å²) in [5, 5.41) is 2.69. The quantitative estimate of drug-likeness (QED) is 0.112. The van der Waals surface area contributed by atoms with Crippen LogP contribution in [0.4, 0.5) is 25.2 Å². The highest BCUT2D eigenvalue weighted by atomic mass is 35.5. The van der Waals surface area contributed by atoms with Crippen molar-refractivity contribution in [3.63, 3.8) is 0 Å². The Balaban J connectivity index is -0.000000540. The maximum atomic E-state index is 13.0. The average molecular weight is 641 g/mol. The molecule has 1 amide bonds. The van der Waals surface area contributed by atoms with Crippen LogP contribution in [-0.2, 0) is 4.79 Å². The van der Waals surface area contributed by atoms with Crippen LogP contribution in [0.5, 0.6) is 0 Å². The molecule has 0 saturated heterocycles. The second-order valence-electron chi connectivity index (χ2n) is 7.94. The summed E-state index contributed by atoms with van der Waals surface area (Å²) in [6, 6.07) is -0.697. The molecule has 2 rings (SSSR count). The summed E-state index contributed by atoms with van der Waals surface area (Å²) in [4.78, 5) is 60.2. The van der Waals surface area contributed by atoms with Gasteiger partial charge in [-0.25, -0.2) is 42.5 Å². The number of alkyl halides is 2. The molecule has 0 aliphatic rings. The minimum absolute atomic E-state index is 0. The Morgan fingerprint density at radius 2 is 1.76 bits per heavy atom. The average Bonchev–Trinajstić information content (AvgIpc) is 2.93. The molecule has 0 saturated carbocycles. The van der Waals surface area contributed by atoms with Crippen molar-refractivity contribution in [2.75, 3.05) is 38.3 Å². The fourth-order valence-electron chi connectivity index (χ4n) is 2.37. The van der Waals surface area contributed by atoms with E-state index in [0.717, 1.165) is 44.5 Å². The number of aliphatic imine (C=N–C) groups is 2. The molecule has 0 aromatic carbocycles. The van der Waals surface area contributed by atoms with Crippen LogP contribution in [0, 0.1) is 11.6 Å². The van der Waals surface area contributed by atoms with Crippen molar-refractivity contribution >= 4 is 53.3 Å². The van der Waals surface area contributed by atoms with Gasteiger partial charge in [-0.1, -0.05) is 47.0 Å². The van der Waals surface area contributed by atoms with Crippen molar-refractivity contribution in [3.05, 3.63) is 45.0 Å². The second kappa shape index (κ2) is 27.5. The van der Waals surface area contributed by atoms with Gasteiger partial charge in [0.05, 0.1) is 30.6 Å². The van der Waals surface area contributed by atoms with Crippen molar-refractivity contribution < 1.29 is 18.4 Å². The predicted molar refractivity (Wildman–Crippen MR) is 164 cm³/mol. The van der Waals surface area contributed by atoms with Gasteiger partial charge >= 0.3 is 17.4 Å². The molecular formula is C25H41Cl2F2N9O4. The number of nitrogens with one attached hydrogen (secondary N) is 2. The lowest BCUT2D eigenvalue weighted by atomic mass is 10.2. The molecular weight excluding hydrogens is 599 g/mol. The van der Waals surface area contributed by atoms with Gasteiger partial charge in [-0.15, -0.1) is 23.2 Å². The Labute approximate surface area is 254 Å². The Bertz CT molecular complexity index is 1210. The van der Waals surface area contributed by atoms with E-state index < -0.39 is 34.9 Å². The van der Waals surface area contributed by atoms with Crippen molar-refractivity contribution in [2.45, 2.75) is 59.8 Å². The first-order chi connectivity index (χ1) is 19.5. The number of H-pyrrole nitrogens is 1. The molecule has 0 radical (unpaired) electrons. The molecule has 4 N–H and O–H groups in total. The molecule has 0 bridgehead atoms. The molecule has 2 heterocycles. The summed E-state index contributed by atoms with van der Waals surface area (Å²) < 4.78 is 26.5. The van der Waals surface area contributed by atoms with Crippen molar-refractivity contribution in [1.29, 1.82) is 0 Å². The fraction of sp³-hybridized carbons (Fsp3) is 0.560. The lowest BCUT2D eigenvalue weighted by Crippen LogP contribution is -2.38. The van der Waals surface area contributed by atoms with E-state index in [1.54, 1.807) is 19.0 Å². The number of hydrogen-bond acceptors (Lipinski definition) is 9. The van der Waals surface area contributed by atoms with E-state index >= 15 is 0 Å². The second-order valence-corrected chi connectivity index (χ2v) is 8.75. The minimum Gasteiger partial charge on any atom is -0.381 e. The van der Waals surface area contributed by atoms with Gasteiger partial charge < -0.3 is 16.0 Å². The molecule has 238 valence electrons. The zero-order valence-corrected chi connectivity index (χ0v) is 25.0. The minimum atomic E-state index is -0.895. The third-order valence-corrected chi connectivity index (χ3v) is 4.29. The van der Waals surface area contributed by atoms with E-state index in [9.17, 15) is 28.0 Å². The lowest BCUT2D eigenvalue weighted by Gasteiger charge is -2.06. The van der Waals surface area contributed by atoms with Crippen LogP contribution in [-0.4, -0.2) is 75.4 Å². The molecule has 0 unspecified atom stereocenters. The van der Waals surface area contributed by atoms with E-state index in [4.69, 9.17) is 28.9 Å². The van der Waals surface area contributed by atoms with E-state index in [0.29, 0.717) is 17.7 Å². The summed E-state index contributed by atoms with van der Waals surface area (Å²) in [5.41, 5.74) is 3.59. The number of rotatable bonds is 10. The summed E-state index contributed by atoms with van der Waals surface area (Å²) in [5.74, 6) is -2.18. The highest BCUT2D eigenvalue weighted by molar-refractivity contribution is 6.40. The summed E-state index contributed by atoms with van der Waals surface area (Å²) in [6.07, 6.45) is 10.6. The number of amides is 1. The zero-order chi connectivity index (χ0) is 31.6.